The van der Waals surface area contributed by atoms with Gasteiger partial charge in [-0.05, 0) is 118 Å². The summed E-state index contributed by atoms with van der Waals surface area (Å²) in [4.78, 5) is 29.7. The number of hydrogen-bond donors (Lipinski definition) is 2. The van der Waals surface area contributed by atoms with Gasteiger partial charge in [0, 0.05) is 69.6 Å². The molecule has 0 saturated heterocycles. The lowest BCUT2D eigenvalue weighted by molar-refractivity contribution is -0.524. The van der Waals surface area contributed by atoms with Crippen LogP contribution in [0.5, 0.6) is 11.5 Å². The van der Waals surface area contributed by atoms with E-state index in [4.69, 9.17) is 9.47 Å². The van der Waals surface area contributed by atoms with Crippen LogP contribution in [0.2, 0.25) is 0 Å². The number of nitrogens with zero attached hydrogens (tertiary/aromatic N) is 3. The minimum Gasteiger partial charge on any atom is -0.507 e. The van der Waals surface area contributed by atoms with E-state index in [1.54, 1.807) is 24.3 Å². The number of benzene rings is 6. The molecule has 422 valence electrons. The number of aromatic hydroxyl groups is 2. The number of esters is 2. The maximum Gasteiger partial charge on any atom is 0.338 e. The first-order valence-corrected chi connectivity index (χ1v) is 28.7. The topological polar surface area (TPSA) is 104 Å². The molecule has 8 rings (SSSR count). The summed E-state index contributed by atoms with van der Waals surface area (Å²) in [6.45, 7) is 32.1. The van der Waals surface area contributed by atoms with Gasteiger partial charge in [0.05, 0.1) is 23.4 Å². The number of phenols is 2. The second-order valence-corrected chi connectivity index (χ2v) is 25.4. The monoisotopic (exact) mass is 1090 g/mol. The smallest absolute Gasteiger partial charge is 0.338 e. The molecule has 2 N–H and O–H groups in total. The maximum atomic E-state index is 13.8. The molecule has 1 heterocycles. The van der Waals surface area contributed by atoms with Crippen LogP contribution in [0.3, 0.4) is 0 Å². The van der Waals surface area contributed by atoms with Gasteiger partial charge in [-0.1, -0.05) is 174 Å². The zero-order valence-corrected chi connectivity index (χ0v) is 50.3. The van der Waals surface area contributed by atoms with Crippen molar-refractivity contribution in [1.29, 1.82) is 0 Å². The minimum absolute atomic E-state index is 0.183. The van der Waals surface area contributed by atoms with E-state index in [0.717, 1.165) is 78.1 Å². The highest BCUT2D eigenvalue weighted by Gasteiger charge is 2.31. The quantitative estimate of drug-likeness (QED) is 0.0734. The summed E-state index contributed by atoms with van der Waals surface area (Å²) in [5.74, 6) is -0.369. The first kappa shape index (κ1) is 59.2. The Morgan fingerprint density at radius 2 is 1.02 bits per heavy atom. The van der Waals surface area contributed by atoms with Gasteiger partial charge in [-0.2, -0.15) is 0 Å². The van der Waals surface area contributed by atoms with Crippen molar-refractivity contribution in [2.45, 2.75) is 125 Å². The highest BCUT2D eigenvalue weighted by molar-refractivity contribution is 6.09. The number of anilines is 1. The fourth-order valence-corrected chi connectivity index (χ4v) is 10.9. The third kappa shape index (κ3) is 13.3. The predicted octanol–water partition coefficient (Wildman–Crippen LogP) is 15.9. The van der Waals surface area contributed by atoms with Crippen LogP contribution in [0, 0.1) is 0 Å². The largest absolute Gasteiger partial charge is 0.507 e. The summed E-state index contributed by atoms with van der Waals surface area (Å²) in [7, 11) is 0. The number of para-hydroxylation sites is 1. The van der Waals surface area contributed by atoms with Crippen LogP contribution in [0.4, 0.5) is 5.69 Å². The fourth-order valence-electron chi connectivity index (χ4n) is 10.9. The number of aromatic nitrogens is 1. The molecule has 6 aromatic carbocycles. The molecule has 0 bridgehead atoms. The van der Waals surface area contributed by atoms with Gasteiger partial charge in [0.15, 0.2) is 18.9 Å². The van der Waals surface area contributed by atoms with Gasteiger partial charge in [-0.15, -0.1) is 0 Å². The molecule has 0 radical (unpaired) electrons. The molecule has 7 aromatic rings. The Balaban J connectivity index is 1.15. The first-order valence-electron chi connectivity index (χ1n) is 28.7. The Hall–Kier alpha value is -7.91. The number of allylic oxidation sites excluding steroid dienone is 5. The number of carbonyl (C=O) groups is 2. The molecule has 9 nitrogen and oxygen atoms in total. The molecule has 0 atom stereocenters. The van der Waals surface area contributed by atoms with E-state index < -0.39 is 11.9 Å². The lowest BCUT2D eigenvalue weighted by Gasteiger charge is -2.28. The SMILES string of the molecule is CCN(CCOC(=O)c1cc(C(C)(C)C)c(O)c(C(C)(C)C)c1)c1ccc(C(=C2C=CC(=[N+](CC)CCOC(=O)c3cc(C(C)(C)C)c(O)c(C(C)(C)C)c3)C=C2)c2c(-c3ccccc3)n(Cc3ccccc3)c3ccccc23)cc1. The van der Waals surface area contributed by atoms with Crippen LogP contribution in [0.15, 0.2) is 163 Å². The number of carbonyl (C=O) groups excluding carboxylic acids is 2. The number of likely N-dealkylation sites (N-methyl/N-ethyl adjacent to an activating group) is 2. The second kappa shape index (κ2) is 24.0. The molecule has 0 saturated carbocycles. The van der Waals surface area contributed by atoms with Crippen molar-refractivity contribution in [2.75, 3.05) is 44.3 Å². The van der Waals surface area contributed by atoms with Crippen LogP contribution in [-0.4, -0.2) is 76.4 Å². The molecule has 0 spiro atoms. The minimum atomic E-state index is -0.413. The summed E-state index contributed by atoms with van der Waals surface area (Å²) < 4.78 is 16.7. The molecule has 0 amide bonds. The van der Waals surface area contributed by atoms with Gasteiger partial charge in [0.2, 0.25) is 0 Å². The Labute approximate surface area is 481 Å². The van der Waals surface area contributed by atoms with Gasteiger partial charge in [-0.3, -0.25) is 0 Å². The van der Waals surface area contributed by atoms with E-state index in [-0.39, 0.29) is 46.4 Å². The molecule has 0 fully saturated rings. The van der Waals surface area contributed by atoms with Gasteiger partial charge in [-0.25, -0.2) is 14.2 Å². The van der Waals surface area contributed by atoms with Crippen molar-refractivity contribution in [2.24, 2.45) is 0 Å². The molecule has 1 aliphatic rings. The molecular formula is C72H84N3O6+. The standard InChI is InChI=1S/C72H83N3O6/c1-15-73(39-41-80-67(78)52-43-57(69(3,4)5)65(76)58(44-52)70(6,7)8)54-35-31-49(32-36-54)62(63-56-29-23-24-30-61(56)75(47-48-25-19-17-20-26-48)64(63)51-27-21-18-22-28-51)50-33-37-55(38-34-50)74(16-2)40-42-81-68(79)53-45-59(71(9,10)11)66(77)60(46-53)72(12,13)14/h17-38,43-46H,15-16,39-42,47H2,1-14H3,(H-,76,77,78,79)/p+1. The average Bonchev–Trinajstić information content (AvgIpc) is 3.43. The van der Waals surface area contributed by atoms with E-state index in [1.165, 1.54) is 5.56 Å². The number of ether oxygens (including phenoxy) is 2. The molecular weight excluding hydrogens is 1000 g/mol. The number of rotatable bonds is 16. The lowest BCUT2D eigenvalue weighted by atomic mass is 9.78. The van der Waals surface area contributed by atoms with Gasteiger partial charge >= 0.3 is 11.9 Å². The van der Waals surface area contributed by atoms with Crippen LogP contribution < -0.4 is 4.90 Å². The van der Waals surface area contributed by atoms with Crippen LogP contribution in [0.25, 0.3) is 27.7 Å². The number of phenolic OH excluding ortho intramolecular Hbond substituents is 2. The van der Waals surface area contributed by atoms with E-state index in [2.05, 4.69) is 161 Å². The highest BCUT2D eigenvalue weighted by Crippen LogP contribution is 2.45. The van der Waals surface area contributed by atoms with Crippen LogP contribution >= 0.6 is 0 Å². The zero-order valence-electron chi connectivity index (χ0n) is 50.3. The summed E-state index contributed by atoms with van der Waals surface area (Å²) >= 11 is 0. The molecule has 9 heteroatoms. The summed E-state index contributed by atoms with van der Waals surface area (Å²) in [6, 6.07) is 45.8. The average molecular weight is 1090 g/mol. The van der Waals surface area contributed by atoms with Gasteiger partial charge < -0.3 is 29.2 Å². The fraction of sp³-hybridized carbons (Fsp3) is 0.347. The van der Waals surface area contributed by atoms with Crippen molar-refractivity contribution in [3.63, 3.8) is 0 Å². The Morgan fingerprint density at radius 1 is 0.556 bits per heavy atom. The summed E-state index contributed by atoms with van der Waals surface area (Å²) in [6.07, 6.45) is 8.74. The lowest BCUT2D eigenvalue weighted by Crippen LogP contribution is -2.28. The van der Waals surface area contributed by atoms with Gasteiger partial charge in [0.25, 0.3) is 0 Å². The van der Waals surface area contributed by atoms with Gasteiger partial charge in [0.1, 0.15) is 24.7 Å². The number of fused-ring (bicyclic) bond motifs is 1. The van der Waals surface area contributed by atoms with Crippen molar-refractivity contribution in [1.82, 2.24) is 4.57 Å². The van der Waals surface area contributed by atoms with E-state index in [9.17, 15) is 19.8 Å². The first-order chi connectivity index (χ1) is 38.3. The van der Waals surface area contributed by atoms with Crippen LogP contribution in [0.1, 0.15) is 157 Å². The van der Waals surface area contributed by atoms with E-state index in [0.29, 0.717) is 43.9 Å². The molecule has 0 aliphatic heterocycles. The Bertz CT molecular complexity index is 3460. The van der Waals surface area contributed by atoms with Crippen molar-refractivity contribution >= 4 is 39.8 Å². The normalized spacial score (nSPS) is 13.0. The third-order valence-corrected chi connectivity index (χ3v) is 15.4. The summed E-state index contributed by atoms with van der Waals surface area (Å²) in [5.41, 5.74) is 13.1. The predicted molar refractivity (Wildman–Crippen MR) is 334 cm³/mol. The van der Waals surface area contributed by atoms with E-state index >= 15 is 0 Å². The molecule has 81 heavy (non-hydrogen) atoms. The van der Waals surface area contributed by atoms with Crippen molar-refractivity contribution in [3.05, 3.63) is 213 Å². The highest BCUT2D eigenvalue weighted by atomic mass is 16.5. The van der Waals surface area contributed by atoms with Crippen LogP contribution in [-0.2, 0) is 37.7 Å². The number of hydrogen-bond acceptors (Lipinski definition) is 7. The maximum absolute atomic E-state index is 13.8. The molecule has 1 aromatic heterocycles. The third-order valence-electron chi connectivity index (χ3n) is 15.4. The summed E-state index contributed by atoms with van der Waals surface area (Å²) in [5, 5.41) is 23.7. The Morgan fingerprint density at radius 3 is 1.51 bits per heavy atom. The molecule has 0 unspecified atom stereocenters. The van der Waals surface area contributed by atoms with Crippen molar-refractivity contribution < 1.29 is 33.9 Å². The zero-order chi connectivity index (χ0) is 58.6. The second-order valence-electron chi connectivity index (χ2n) is 25.4. The van der Waals surface area contributed by atoms with E-state index in [1.807, 2.05) is 83.1 Å². The molecule has 1 aliphatic carbocycles. The van der Waals surface area contributed by atoms with Crippen molar-refractivity contribution in [3.8, 4) is 22.8 Å². The Kier molecular flexibility index (Phi) is 17.6.